The number of nitrogens with zero attached hydrogens (tertiary/aromatic N) is 1. The summed E-state index contributed by atoms with van der Waals surface area (Å²) in [4.78, 5) is 13.5. The zero-order chi connectivity index (χ0) is 22.2. The zero-order valence-corrected chi connectivity index (χ0v) is 19.6. The van der Waals surface area contributed by atoms with Crippen molar-refractivity contribution in [1.29, 1.82) is 0 Å². The topological polar surface area (TPSA) is 66.5 Å². The molecule has 1 heterocycles. The van der Waals surface area contributed by atoms with E-state index in [1.54, 1.807) is 0 Å². The highest BCUT2D eigenvalue weighted by Gasteiger charge is 2.39. The monoisotopic (exact) mass is 428 g/mol. The molecule has 1 amide bonds. The average Bonchev–Trinajstić information content (AvgIpc) is 2.69. The molecule has 1 atom stereocenters. The third-order valence-electron chi connectivity index (χ3n) is 6.39. The van der Waals surface area contributed by atoms with Gasteiger partial charge in [-0.15, -0.1) is 0 Å². The van der Waals surface area contributed by atoms with E-state index in [9.17, 15) is 13.2 Å². The summed E-state index contributed by atoms with van der Waals surface area (Å²) in [7, 11) is -3.80. The van der Waals surface area contributed by atoms with Crippen molar-refractivity contribution in [3.05, 3.63) is 57.6 Å². The van der Waals surface area contributed by atoms with E-state index in [2.05, 4.69) is 5.32 Å². The third kappa shape index (κ3) is 4.16. The van der Waals surface area contributed by atoms with Crippen LogP contribution in [0.5, 0.6) is 0 Å². The number of nitrogens with one attached hydrogen (secondary N) is 1. The second-order valence-corrected chi connectivity index (χ2v) is 10.3. The molecule has 30 heavy (non-hydrogen) atoms. The van der Waals surface area contributed by atoms with Crippen molar-refractivity contribution in [2.24, 2.45) is 0 Å². The smallest absolute Gasteiger partial charge is 0.244 e. The number of amides is 1. The predicted octanol–water partition coefficient (Wildman–Crippen LogP) is 4.72. The molecule has 0 spiro atoms. The molecule has 6 heteroatoms. The average molecular weight is 429 g/mol. The van der Waals surface area contributed by atoms with Gasteiger partial charge in [-0.05, 0) is 99.9 Å². The van der Waals surface area contributed by atoms with E-state index < -0.39 is 16.1 Å². The van der Waals surface area contributed by atoms with Gasteiger partial charge < -0.3 is 5.32 Å². The first-order chi connectivity index (χ1) is 14.0. The third-order valence-corrected chi connectivity index (χ3v) is 8.58. The van der Waals surface area contributed by atoms with Crippen molar-refractivity contribution in [3.8, 4) is 0 Å². The first-order valence-electron chi connectivity index (χ1n) is 10.5. The highest BCUT2D eigenvalue weighted by molar-refractivity contribution is 7.89. The Labute approximate surface area is 180 Å². The van der Waals surface area contributed by atoms with E-state index in [4.69, 9.17) is 0 Å². The Kier molecular flexibility index (Phi) is 6.39. The molecule has 0 saturated carbocycles. The Morgan fingerprint density at radius 2 is 1.53 bits per heavy atom. The molecule has 3 rings (SSSR count). The fourth-order valence-corrected chi connectivity index (χ4v) is 6.42. The minimum atomic E-state index is -3.80. The number of benzene rings is 2. The summed E-state index contributed by atoms with van der Waals surface area (Å²) in [5, 5.41) is 2.94. The molecule has 0 aromatic heterocycles. The number of hydrogen-bond acceptors (Lipinski definition) is 3. The first kappa shape index (κ1) is 22.5. The summed E-state index contributed by atoms with van der Waals surface area (Å²) in [6, 6.07) is 7.06. The lowest BCUT2D eigenvalue weighted by Gasteiger charge is -2.34. The van der Waals surface area contributed by atoms with Gasteiger partial charge in [-0.1, -0.05) is 18.6 Å². The molecule has 0 radical (unpaired) electrons. The van der Waals surface area contributed by atoms with Crippen LogP contribution in [-0.2, 0) is 14.8 Å². The predicted molar refractivity (Wildman–Crippen MR) is 121 cm³/mol. The SMILES string of the molecule is Cc1ccc(NC(=O)C2CCCCN2S(=O)(=O)c2c(C)c(C)cc(C)c2C)cc1C. The molecule has 162 valence electrons. The van der Waals surface area contributed by atoms with Crippen LogP contribution in [0, 0.1) is 41.5 Å². The van der Waals surface area contributed by atoms with Crippen molar-refractivity contribution in [3.63, 3.8) is 0 Å². The summed E-state index contributed by atoms with van der Waals surface area (Å²) < 4.78 is 28.9. The van der Waals surface area contributed by atoms with Crippen LogP contribution in [0.4, 0.5) is 5.69 Å². The molecule has 1 aliphatic rings. The van der Waals surface area contributed by atoms with Gasteiger partial charge in [-0.25, -0.2) is 8.42 Å². The Morgan fingerprint density at radius 1 is 0.900 bits per heavy atom. The van der Waals surface area contributed by atoms with Crippen molar-refractivity contribution >= 4 is 21.6 Å². The number of hydrogen-bond donors (Lipinski definition) is 1. The number of carbonyl (C=O) groups excluding carboxylic acids is 1. The van der Waals surface area contributed by atoms with Gasteiger partial charge in [0.05, 0.1) is 4.90 Å². The molecular weight excluding hydrogens is 396 g/mol. The molecule has 2 aromatic carbocycles. The summed E-state index contributed by atoms with van der Waals surface area (Å²) in [6.07, 6.45) is 2.12. The molecule has 1 aliphatic heterocycles. The van der Waals surface area contributed by atoms with Gasteiger partial charge >= 0.3 is 0 Å². The molecular formula is C24H32N2O3S. The second-order valence-electron chi connectivity index (χ2n) is 8.51. The summed E-state index contributed by atoms with van der Waals surface area (Å²) in [5.74, 6) is -0.263. The Hall–Kier alpha value is -2.18. The zero-order valence-electron chi connectivity index (χ0n) is 18.8. The van der Waals surface area contributed by atoms with E-state index >= 15 is 0 Å². The van der Waals surface area contributed by atoms with E-state index in [0.717, 1.165) is 46.2 Å². The molecule has 0 aliphatic carbocycles. The van der Waals surface area contributed by atoms with Gasteiger partial charge in [-0.3, -0.25) is 4.79 Å². The van der Waals surface area contributed by atoms with Gasteiger partial charge in [0, 0.05) is 12.2 Å². The first-order valence-corrected chi connectivity index (χ1v) is 12.0. The Bertz CT molecular complexity index is 1060. The maximum Gasteiger partial charge on any atom is 0.244 e. The van der Waals surface area contributed by atoms with Gasteiger partial charge in [0.25, 0.3) is 0 Å². The fraction of sp³-hybridized carbons (Fsp3) is 0.458. The minimum absolute atomic E-state index is 0.263. The standard InChI is InChI=1S/C24H32N2O3S/c1-15-10-11-21(14-16(15)2)25-24(27)22-9-7-8-12-26(22)30(28,29)23-19(5)17(3)13-18(4)20(23)6/h10-11,13-14,22H,7-9,12H2,1-6H3,(H,25,27). The van der Waals surface area contributed by atoms with Crippen molar-refractivity contribution in [1.82, 2.24) is 4.31 Å². The van der Waals surface area contributed by atoms with E-state index in [1.165, 1.54) is 4.31 Å². The highest BCUT2D eigenvalue weighted by atomic mass is 32.2. The number of piperidine rings is 1. The highest BCUT2D eigenvalue weighted by Crippen LogP contribution is 2.32. The molecule has 5 nitrogen and oxygen atoms in total. The number of aryl methyl sites for hydroxylation is 4. The number of carbonyl (C=O) groups is 1. The van der Waals surface area contributed by atoms with Crippen LogP contribution >= 0.6 is 0 Å². The molecule has 1 N–H and O–H groups in total. The Balaban J connectivity index is 1.97. The van der Waals surface area contributed by atoms with Gasteiger partial charge in [0.1, 0.15) is 6.04 Å². The quantitative estimate of drug-likeness (QED) is 0.766. The van der Waals surface area contributed by atoms with Crippen LogP contribution in [0.1, 0.15) is 52.6 Å². The van der Waals surface area contributed by atoms with Crippen LogP contribution in [-0.4, -0.2) is 31.2 Å². The minimum Gasteiger partial charge on any atom is -0.325 e. The second kappa shape index (κ2) is 8.52. The van der Waals surface area contributed by atoms with Crippen molar-refractivity contribution in [2.45, 2.75) is 71.7 Å². The molecule has 1 fully saturated rings. The van der Waals surface area contributed by atoms with Crippen molar-refractivity contribution in [2.75, 3.05) is 11.9 Å². The van der Waals surface area contributed by atoms with E-state index in [-0.39, 0.29) is 5.91 Å². The van der Waals surface area contributed by atoms with Crippen LogP contribution in [0.25, 0.3) is 0 Å². The number of rotatable bonds is 4. The molecule has 1 saturated heterocycles. The maximum atomic E-state index is 13.7. The summed E-state index contributed by atoms with van der Waals surface area (Å²) >= 11 is 0. The number of anilines is 1. The van der Waals surface area contributed by atoms with E-state index in [0.29, 0.717) is 23.5 Å². The van der Waals surface area contributed by atoms with Gasteiger partial charge in [-0.2, -0.15) is 4.31 Å². The number of sulfonamides is 1. The van der Waals surface area contributed by atoms with Gasteiger partial charge in [0.15, 0.2) is 0 Å². The molecule has 2 aromatic rings. The van der Waals surface area contributed by atoms with Crippen LogP contribution in [0.2, 0.25) is 0 Å². The molecule has 1 unspecified atom stereocenters. The van der Waals surface area contributed by atoms with Gasteiger partial charge in [0.2, 0.25) is 15.9 Å². The fourth-order valence-electron chi connectivity index (χ4n) is 4.18. The van der Waals surface area contributed by atoms with Crippen molar-refractivity contribution < 1.29 is 13.2 Å². The van der Waals surface area contributed by atoms with Crippen LogP contribution in [0.15, 0.2) is 29.2 Å². The molecule has 0 bridgehead atoms. The lowest BCUT2D eigenvalue weighted by Crippen LogP contribution is -2.50. The lowest BCUT2D eigenvalue weighted by molar-refractivity contribution is -0.120. The Morgan fingerprint density at radius 3 is 2.13 bits per heavy atom. The summed E-state index contributed by atoms with van der Waals surface area (Å²) in [5.41, 5.74) is 6.35. The lowest BCUT2D eigenvalue weighted by atomic mass is 10.0. The van der Waals surface area contributed by atoms with Crippen LogP contribution < -0.4 is 5.32 Å². The maximum absolute atomic E-state index is 13.7. The summed E-state index contributed by atoms with van der Waals surface area (Å²) in [6.45, 7) is 11.9. The van der Waals surface area contributed by atoms with Crippen LogP contribution in [0.3, 0.4) is 0 Å². The normalized spacial score (nSPS) is 17.7. The van der Waals surface area contributed by atoms with E-state index in [1.807, 2.05) is 65.8 Å². The largest absolute Gasteiger partial charge is 0.325 e.